The molecule has 0 fully saturated rings. The molecule has 2 aromatic heterocycles. The molecule has 0 aliphatic carbocycles. The number of hydrogen-bond acceptors (Lipinski definition) is 4. The van der Waals surface area contributed by atoms with E-state index in [4.69, 9.17) is 11.6 Å². The molecule has 0 saturated carbocycles. The van der Waals surface area contributed by atoms with Crippen molar-refractivity contribution in [3.63, 3.8) is 0 Å². The van der Waals surface area contributed by atoms with Crippen LogP contribution in [0.5, 0.6) is 0 Å². The Bertz CT molecular complexity index is 1170. The fourth-order valence-electron chi connectivity index (χ4n) is 2.88. The van der Waals surface area contributed by atoms with Gasteiger partial charge in [0.2, 0.25) is 5.91 Å². The van der Waals surface area contributed by atoms with Crippen LogP contribution in [0, 0.1) is 0 Å². The zero-order valence-corrected chi connectivity index (χ0v) is 16.8. The van der Waals surface area contributed by atoms with Crippen LogP contribution >= 0.6 is 22.9 Å². The predicted molar refractivity (Wildman–Crippen MR) is 115 cm³/mol. The number of fused-ring (bicyclic) bond motifs is 1. The third-order valence-electron chi connectivity index (χ3n) is 4.34. The van der Waals surface area contributed by atoms with Crippen molar-refractivity contribution in [3.8, 4) is 0 Å². The molecule has 0 bridgehead atoms. The highest BCUT2D eigenvalue weighted by atomic mass is 35.5. The van der Waals surface area contributed by atoms with E-state index < -0.39 is 0 Å². The Balaban J connectivity index is 1.43. The summed E-state index contributed by atoms with van der Waals surface area (Å²) in [6.07, 6.45) is 0.148. The Morgan fingerprint density at radius 2 is 1.83 bits per heavy atom. The van der Waals surface area contributed by atoms with Crippen LogP contribution in [0.1, 0.15) is 20.8 Å². The number of nitrogens with zero attached hydrogens (tertiary/aromatic N) is 1. The third-order valence-corrected chi connectivity index (χ3v) is 5.74. The maximum absolute atomic E-state index is 12.5. The molecule has 0 radical (unpaired) electrons. The van der Waals surface area contributed by atoms with E-state index in [0.717, 1.165) is 11.1 Å². The van der Waals surface area contributed by atoms with Crippen LogP contribution in [0.25, 0.3) is 10.2 Å². The van der Waals surface area contributed by atoms with E-state index in [0.29, 0.717) is 32.5 Å². The van der Waals surface area contributed by atoms with Gasteiger partial charge in [-0.3, -0.25) is 14.7 Å². The van der Waals surface area contributed by atoms with E-state index in [1.807, 2.05) is 48.5 Å². The van der Waals surface area contributed by atoms with Gasteiger partial charge in [-0.25, -0.2) is 0 Å². The first kappa shape index (κ1) is 19.2. The minimum atomic E-state index is -0.218. The van der Waals surface area contributed by atoms with Crippen LogP contribution in [0.3, 0.4) is 0 Å². The number of aromatic amines is 1. The van der Waals surface area contributed by atoms with Gasteiger partial charge < -0.3 is 10.6 Å². The molecule has 8 heteroatoms. The molecule has 6 nitrogen and oxygen atoms in total. The van der Waals surface area contributed by atoms with Gasteiger partial charge in [-0.2, -0.15) is 5.10 Å². The first-order chi connectivity index (χ1) is 14.1. The van der Waals surface area contributed by atoms with E-state index in [-0.39, 0.29) is 18.2 Å². The molecule has 0 spiro atoms. The van der Waals surface area contributed by atoms with Gasteiger partial charge in [0.15, 0.2) is 0 Å². The third kappa shape index (κ3) is 4.47. The number of anilines is 1. The number of nitrogens with one attached hydrogen (secondary N) is 3. The van der Waals surface area contributed by atoms with Crippen LogP contribution in [-0.2, 0) is 17.8 Å². The van der Waals surface area contributed by atoms with Gasteiger partial charge >= 0.3 is 0 Å². The summed E-state index contributed by atoms with van der Waals surface area (Å²) in [5.74, 6) is 0.0746. The summed E-state index contributed by atoms with van der Waals surface area (Å²) < 4.78 is 0. The van der Waals surface area contributed by atoms with Crippen molar-refractivity contribution < 1.29 is 9.59 Å². The second-order valence-corrected chi connectivity index (χ2v) is 7.85. The zero-order chi connectivity index (χ0) is 20.2. The van der Waals surface area contributed by atoms with E-state index in [2.05, 4.69) is 20.8 Å². The molecular formula is C21H17ClN4O2S. The Morgan fingerprint density at radius 1 is 1.07 bits per heavy atom. The summed E-state index contributed by atoms with van der Waals surface area (Å²) in [6.45, 7) is 0.447. The first-order valence-corrected chi connectivity index (χ1v) is 10.1. The molecule has 2 heterocycles. The molecule has 4 aromatic rings. The van der Waals surface area contributed by atoms with Crippen molar-refractivity contribution in [2.45, 2.75) is 13.0 Å². The molecule has 146 valence electrons. The van der Waals surface area contributed by atoms with Gasteiger partial charge in [0.05, 0.1) is 16.7 Å². The second kappa shape index (κ2) is 8.46. The molecule has 29 heavy (non-hydrogen) atoms. The minimum absolute atomic E-state index is 0.148. The van der Waals surface area contributed by atoms with Gasteiger partial charge in [0, 0.05) is 11.6 Å². The van der Waals surface area contributed by atoms with Gasteiger partial charge in [-0.1, -0.05) is 60.1 Å². The summed E-state index contributed by atoms with van der Waals surface area (Å²) in [5.41, 5.74) is 1.77. The van der Waals surface area contributed by atoms with Crippen molar-refractivity contribution in [3.05, 3.63) is 81.7 Å². The monoisotopic (exact) mass is 424 g/mol. The predicted octanol–water partition coefficient (Wildman–Crippen LogP) is 4.39. The highest BCUT2D eigenvalue weighted by molar-refractivity contribution is 7.20. The second-order valence-electron chi connectivity index (χ2n) is 6.41. The number of thiophene rings is 1. The number of halogens is 1. The average Bonchev–Trinajstić information content (AvgIpc) is 3.31. The summed E-state index contributed by atoms with van der Waals surface area (Å²) in [7, 11) is 0. The number of carbonyl (C=O) groups is 2. The highest BCUT2D eigenvalue weighted by Gasteiger charge is 2.17. The number of amides is 2. The Morgan fingerprint density at radius 3 is 2.62 bits per heavy atom. The van der Waals surface area contributed by atoms with Gasteiger partial charge in [0.25, 0.3) is 5.91 Å². The summed E-state index contributed by atoms with van der Waals surface area (Å²) in [4.78, 5) is 26.0. The number of aromatic nitrogens is 2. The fraction of sp³-hybridized carbons (Fsp3) is 0.0952. The van der Waals surface area contributed by atoms with E-state index in [1.165, 1.54) is 11.3 Å². The molecule has 0 unspecified atom stereocenters. The lowest BCUT2D eigenvalue weighted by Gasteiger charge is -2.05. The van der Waals surface area contributed by atoms with Crippen molar-refractivity contribution in [2.24, 2.45) is 0 Å². The molecule has 4 rings (SSSR count). The van der Waals surface area contributed by atoms with Crippen LogP contribution in [0.4, 0.5) is 5.82 Å². The molecule has 2 amide bonds. The maximum Gasteiger partial charge on any atom is 0.261 e. The first-order valence-electron chi connectivity index (χ1n) is 8.93. The number of benzene rings is 2. The number of rotatable bonds is 6. The van der Waals surface area contributed by atoms with Crippen LogP contribution in [0.15, 0.2) is 60.7 Å². The lowest BCUT2D eigenvalue weighted by Crippen LogP contribution is -2.21. The summed E-state index contributed by atoms with van der Waals surface area (Å²) >= 11 is 7.38. The average molecular weight is 425 g/mol. The van der Waals surface area contributed by atoms with Crippen molar-refractivity contribution in [2.75, 3.05) is 5.32 Å². The molecule has 0 saturated heterocycles. The van der Waals surface area contributed by atoms with Crippen molar-refractivity contribution >= 4 is 50.8 Å². The largest absolute Gasteiger partial charge is 0.347 e. The summed E-state index contributed by atoms with van der Waals surface area (Å²) in [6, 6.07) is 18.6. The quantitative estimate of drug-likeness (QED) is 0.429. The molecule has 0 aliphatic rings. The van der Waals surface area contributed by atoms with Crippen molar-refractivity contribution in [1.82, 2.24) is 15.5 Å². The fourth-order valence-corrected chi connectivity index (χ4v) is 4.00. The van der Waals surface area contributed by atoms with E-state index in [9.17, 15) is 9.59 Å². The lowest BCUT2D eigenvalue weighted by atomic mass is 10.1. The smallest absolute Gasteiger partial charge is 0.261 e. The highest BCUT2D eigenvalue weighted by Crippen LogP contribution is 2.29. The normalized spacial score (nSPS) is 10.8. The Hall–Kier alpha value is -3.16. The Kier molecular flexibility index (Phi) is 5.59. The summed E-state index contributed by atoms with van der Waals surface area (Å²) in [5, 5.41) is 14.0. The van der Waals surface area contributed by atoms with Gasteiger partial charge in [-0.15, -0.1) is 11.3 Å². The topological polar surface area (TPSA) is 86.9 Å². The SMILES string of the molecule is O=C(Cc1ccccc1Cl)Nc1[nH]nc2sc(C(=O)NCc3ccccc3)cc12. The zero-order valence-electron chi connectivity index (χ0n) is 15.2. The molecule has 0 atom stereocenters. The molecule has 2 aromatic carbocycles. The van der Waals surface area contributed by atoms with Gasteiger partial charge in [0.1, 0.15) is 10.6 Å². The number of H-pyrrole nitrogens is 1. The number of carbonyl (C=O) groups excluding carboxylic acids is 2. The molecular weight excluding hydrogens is 408 g/mol. The molecule has 3 N–H and O–H groups in total. The lowest BCUT2D eigenvalue weighted by molar-refractivity contribution is -0.115. The van der Waals surface area contributed by atoms with Crippen LogP contribution < -0.4 is 10.6 Å². The minimum Gasteiger partial charge on any atom is -0.347 e. The van der Waals surface area contributed by atoms with E-state index in [1.54, 1.807) is 12.1 Å². The van der Waals surface area contributed by atoms with Crippen LogP contribution in [-0.4, -0.2) is 22.0 Å². The van der Waals surface area contributed by atoms with Gasteiger partial charge in [-0.05, 0) is 23.3 Å². The van der Waals surface area contributed by atoms with Crippen LogP contribution in [0.2, 0.25) is 5.02 Å². The van der Waals surface area contributed by atoms with Crippen molar-refractivity contribution in [1.29, 1.82) is 0 Å². The standard InChI is InChI=1S/C21H17ClN4O2S/c22-16-9-5-4-8-14(16)10-18(27)24-19-15-11-17(29-21(15)26-25-19)20(28)23-12-13-6-2-1-3-7-13/h1-9,11H,10,12H2,(H,23,28)(H2,24,25,26,27). The molecule has 0 aliphatic heterocycles. The number of hydrogen-bond donors (Lipinski definition) is 3. The maximum atomic E-state index is 12.5. The Labute approximate surface area is 175 Å². The van der Waals surface area contributed by atoms with E-state index >= 15 is 0 Å².